The van der Waals surface area contributed by atoms with Gasteiger partial charge in [-0.25, -0.2) is 4.39 Å². The van der Waals surface area contributed by atoms with Crippen LogP contribution in [0.3, 0.4) is 0 Å². The van der Waals surface area contributed by atoms with E-state index in [1.54, 1.807) is 18.3 Å². The molecule has 0 aliphatic carbocycles. The van der Waals surface area contributed by atoms with Crippen molar-refractivity contribution in [3.63, 3.8) is 0 Å². The molecule has 0 spiro atoms. The van der Waals surface area contributed by atoms with E-state index in [1.165, 1.54) is 18.8 Å². The van der Waals surface area contributed by atoms with Gasteiger partial charge in [0.2, 0.25) is 7.37 Å². The summed E-state index contributed by atoms with van der Waals surface area (Å²) in [5.41, 5.74) is 6.01. The van der Waals surface area contributed by atoms with Crippen LogP contribution in [0.5, 0.6) is 0 Å². The van der Waals surface area contributed by atoms with Gasteiger partial charge in [-0.2, -0.15) is 5.10 Å². The second-order valence-corrected chi connectivity index (χ2v) is 11.5. The summed E-state index contributed by atoms with van der Waals surface area (Å²) in [5.74, 6) is -0.0404. The van der Waals surface area contributed by atoms with Crippen LogP contribution in [0.25, 0.3) is 38.6 Å². The number of nitrogens with zero attached hydrogens (tertiary/aromatic N) is 2. The predicted octanol–water partition coefficient (Wildman–Crippen LogP) is 5.73. The predicted molar refractivity (Wildman–Crippen MR) is 136 cm³/mol. The van der Waals surface area contributed by atoms with Crippen LogP contribution in [0, 0.1) is 5.82 Å². The molecule has 0 radical (unpaired) electrons. The Labute approximate surface area is 201 Å². The van der Waals surface area contributed by atoms with Crippen LogP contribution in [0.15, 0.2) is 66.9 Å². The quantitative estimate of drug-likeness (QED) is 0.316. The van der Waals surface area contributed by atoms with Crippen LogP contribution < -0.4 is 5.30 Å². The van der Waals surface area contributed by atoms with E-state index in [0.29, 0.717) is 18.5 Å². The number of aromatic nitrogens is 3. The highest BCUT2D eigenvalue weighted by atomic mass is 31.2. The zero-order chi connectivity index (χ0) is 24.2. The van der Waals surface area contributed by atoms with Gasteiger partial charge in [0.05, 0.1) is 17.2 Å². The zero-order valence-electron chi connectivity index (χ0n) is 19.2. The minimum Gasteiger partial charge on any atom is -0.381 e. The van der Waals surface area contributed by atoms with Crippen molar-refractivity contribution in [1.82, 2.24) is 14.8 Å². The summed E-state index contributed by atoms with van der Waals surface area (Å²) in [6.07, 6.45) is 3.56. The molecule has 6 rings (SSSR count). The number of hydrogen-bond donors (Lipinski definition) is 2. The molecular weight excluding hydrogens is 464 g/mol. The van der Waals surface area contributed by atoms with Gasteiger partial charge < -0.3 is 14.2 Å². The summed E-state index contributed by atoms with van der Waals surface area (Å²) in [4.78, 5) is 10.0. The molecule has 5 aromatic rings. The summed E-state index contributed by atoms with van der Waals surface area (Å²) in [5, 5.41) is 9.75. The molecule has 2 N–H and O–H groups in total. The Balaban J connectivity index is 1.70. The highest BCUT2D eigenvalue weighted by molar-refractivity contribution is 7.65. The number of benzene rings is 3. The lowest BCUT2D eigenvalue weighted by Gasteiger charge is -2.26. The first-order valence-electron chi connectivity index (χ1n) is 11.7. The standard InChI is InChI=1S/C27H25FN3O3P/c1-35(32,33)22-8-2-17(3-9-22)26-23-15-24-19(16-29-30-24)14-25(23)31(21-6-4-20(28)5-7-21)27(26)18-10-12-34-13-11-18/h2-9,14-16,18H,10-13H2,1H3,(H,29,30)(H,32,33). The zero-order valence-corrected chi connectivity index (χ0v) is 20.1. The highest BCUT2D eigenvalue weighted by Gasteiger charge is 2.28. The molecule has 0 saturated carbocycles. The van der Waals surface area contributed by atoms with Crippen LogP contribution in [0.1, 0.15) is 24.5 Å². The van der Waals surface area contributed by atoms with Gasteiger partial charge in [0.15, 0.2) is 0 Å². The molecule has 0 amide bonds. The summed E-state index contributed by atoms with van der Waals surface area (Å²) in [6, 6.07) is 18.1. The van der Waals surface area contributed by atoms with Crippen molar-refractivity contribution in [2.45, 2.75) is 18.8 Å². The van der Waals surface area contributed by atoms with Gasteiger partial charge in [-0.15, -0.1) is 0 Å². The van der Waals surface area contributed by atoms with Gasteiger partial charge in [-0.3, -0.25) is 9.66 Å². The first-order valence-corrected chi connectivity index (χ1v) is 13.8. The fourth-order valence-electron chi connectivity index (χ4n) is 5.18. The SMILES string of the molecule is CP(=O)(O)c1ccc(-c2c(C3CCOCC3)n(-c3ccc(F)cc3)c3cc4cn[nH]c4cc23)cc1. The molecule has 6 nitrogen and oxygen atoms in total. The first-order chi connectivity index (χ1) is 16.9. The normalized spacial score (nSPS) is 16.7. The fourth-order valence-corrected chi connectivity index (χ4v) is 5.88. The van der Waals surface area contributed by atoms with Gasteiger partial charge in [0.25, 0.3) is 0 Å². The lowest BCUT2D eigenvalue weighted by Crippen LogP contribution is -2.17. The Morgan fingerprint density at radius 2 is 1.80 bits per heavy atom. The molecule has 1 saturated heterocycles. The molecule has 8 heteroatoms. The van der Waals surface area contributed by atoms with E-state index < -0.39 is 7.37 Å². The largest absolute Gasteiger partial charge is 0.381 e. The molecule has 178 valence electrons. The molecule has 35 heavy (non-hydrogen) atoms. The monoisotopic (exact) mass is 489 g/mol. The van der Waals surface area contributed by atoms with Gasteiger partial charge in [-0.1, -0.05) is 12.1 Å². The van der Waals surface area contributed by atoms with E-state index in [1.807, 2.05) is 24.3 Å². The van der Waals surface area contributed by atoms with E-state index >= 15 is 0 Å². The lowest BCUT2D eigenvalue weighted by atomic mass is 9.90. The van der Waals surface area contributed by atoms with E-state index in [4.69, 9.17) is 4.74 Å². The Kier molecular flexibility index (Phi) is 5.37. The third-order valence-corrected chi connectivity index (χ3v) is 8.15. The molecule has 1 atom stereocenters. The fraction of sp³-hybridized carbons (Fsp3) is 0.222. The van der Waals surface area contributed by atoms with E-state index in [0.717, 1.165) is 57.2 Å². The molecule has 1 aliphatic rings. The number of nitrogens with one attached hydrogen (secondary N) is 1. The van der Waals surface area contributed by atoms with Crippen molar-refractivity contribution in [2.75, 3.05) is 19.9 Å². The van der Waals surface area contributed by atoms with E-state index in [9.17, 15) is 13.8 Å². The number of H-pyrrole nitrogens is 1. The maximum Gasteiger partial charge on any atom is 0.226 e. The highest BCUT2D eigenvalue weighted by Crippen LogP contribution is 2.45. The summed E-state index contributed by atoms with van der Waals surface area (Å²) in [6.45, 7) is 2.72. The van der Waals surface area contributed by atoms with E-state index in [-0.39, 0.29) is 11.7 Å². The molecule has 3 heterocycles. The Morgan fingerprint density at radius 1 is 1.09 bits per heavy atom. The molecule has 1 aliphatic heterocycles. The average molecular weight is 489 g/mol. The maximum absolute atomic E-state index is 13.9. The first kappa shape index (κ1) is 22.2. The van der Waals surface area contributed by atoms with Crippen molar-refractivity contribution in [3.8, 4) is 16.8 Å². The Morgan fingerprint density at radius 3 is 2.49 bits per heavy atom. The van der Waals surface area contributed by atoms with Crippen molar-refractivity contribution >= 4 is 34.5 Å². The Hall–Kier alpha value is -3.25. The van der Waals surface area contributed by atoms with Gasteiger partial charge in [0, 0.05) is 58.8 Å². The van der Waals surface area contributed by atoms with Crippen LogP contribution in [0.2, 0.25) is 0 Å². The maximum atomic E-state index is 13.9. The number of hydrogen-bond acceptors (Lipinski definition) is 3. The van der Waals surface area contributed by atoms with E-state index in [2.05, 4.69) is 26.9 Å². The third-order valence-electron chi connectivity index (χ3n) is 6.89. The summed E-state index contributed by atoms with van der Waals surface area (Å²) >= 11 is 0. The van der Waals surface area contributed by atoms with Crippen LogP contribution in [-0.2, 0) is 9.30 Å². The van der Waals surface area contributed by atoms with Gasteiger partial charge in [0.1, 0.15) is 5.82 Å². The third kappa shape index (κ3) is 3.90. The van der Waals surface area contributed by atoms with Crippen LogP contribution >= 0.6 is 7.37 Å². The van der Waals surface area contributed by atoms with Gasteiger partial charge in [-0.05, 0) is 66.9 Å². The summed E-state index contributed by atoms with van der Waals surface area (Å²) in [7, 11) is -3.36. The minimum absolute atomic E-state index is 0.238. The second kappa shape index (κ2) is 8.45. The topological polar surface area (TPSA) is 80.1 Å². The Bertz CT molecular complexity index is 1580. The second-order valence-electron chi connectivity index (χ2n) is 9.21. The van der Waals surface area contributed by atoms with Crippen molar-refractivity contribution in [2.24, 2.45) is 0 Å². The molecule has 2 aromatic heterocycles. The van der Waals surface area contributed by atoms with Crippen LogP contribution in [-0.4, -0.2) is 39.5 Å². The number of rotatable bonds is 4. The molecule has 0 bridgehead atoms. The smallest absolute Gasteiger partial charge is 0.226 e. The number of halogens is 1. The van der Waals surface area contributed by atoms with Crippen molar-refractivity contribution < 1.29 is 18.6 Å². The molecule has 3 aromatic carbocycles. The average Bonchev–Trinajstić information content (AvgIpc) is 3.45. The number of ether oxygens (including phenoxy) is 1. The minimum atomic E-state index is -3.36. The van der Waals surface area contributed by atoms with Gasteiger partial charge >= 0.3 is 0 Å². The lowest BCUT2D eigenvalue weighted by molar-refractivity contribution is 0.0843. The number of aromatic amines is 1. The van der Waals surface area contributed by atoms with Crippen molar-refractivity contribution in [3.05, 3.63) is 78.4 Å². The van der Waals surface area contributed by atoms with Crippen molar-refractivity contribution in [1.29, 1.82) is 0 Å². The number of fused-ring (bicyclic) bond motifs is 2. The summed E-state index contributed by atoms with van der Waals surface area (Å²) < 4.78 is 34.0. The van der Waals surface area contributed by atoms with Crippen LogP contribution in [0.4, 0.5) is 4.39 Å². The molecule has 1 unspecified atom stereocenters. The molecular formula is C27H25FN3O3P. The molecule has 1 fully saturated rings.